The van der Waals surface area contributed by atoms with Gasteiger partial charge in [-0.3, -0.25) is 0 Å². The quantitative estimate of drug-likeness (QED) is 0.332. The van der Waals surface area contributed by atoms with Crippen LogP contribution in [0.3, 0.4) is 0 Å². The lowest BCUT2D eigenvalue weighted by Crippen LogP contribution is -1.82. The molecule has 0 saturated carbocycles. The molecular formula is C19H12. The molecule has 5 rings (SSSR count). The minimum atomic E-state index is 1.08. The summed E-state index contributed by atoms with van der Waals surface area (Å²) >= 11 is 0. The first-order chi connectivity index (χ1) is 9.43. The molecule has 0 fully saturated rings. The summed E-state index contributed by atoms with van der Waals surface area (Å²) in [5.41, 5.74) is 2.96. The molecule has 4 aromatic rings. The second kappa shape index (κ2) is 3.16. The molecule has 4 aromatic carbocycles. The van der Waals surface area contributed by atoms with E-state index in [-0.39, 0.29) is 0 Å². The van der Waals surface area contributed by atoms with Crippen LogP contribution in [-0.4, -0.2) is 0 Å². The van der Waals surface area contributed by atoms with Crippen molar-refractivity contribution < 1.29 is 0 Å². The molecule has 88 valence electrons. The molecule has 0 amide bonds. The number of rotatable bonds is 0. The van der Waals surface area contributed by atoms with Crippen molar-refractivity contribution in [1.82, 2.24) is 0 Å². The van der Waals surface area contributed by atoms with Crippen LogP contribution in [0.1, 0.15) is 11.1 Å². The maximum absolute atomic E-state index is 2.27. The first-order valence-corrected chi connectivity index (χ1v) is 6.77. The summed E-state index contributed by atoms with van der Waals surface area (Å²) in [6.07, 6.45) is 1.08. The number of benzene rings is 4. The summed E-state index contributed by atoms with van der Waals surface area (Å²) in [4.78, 5) is 0. The molecule has 0 spiro atoms. The molecule has 0 heterocycles. The van der Waals surface area contributed by atoms with Gasteiger partial charge in [-0.1, -0.05) is 60.7 Å². The molecule has 1 aliphatic rings. The lowest BCUT2D eigenvalue weighted by molar-refractivity contribution is 1.27. The Kier molecular flexibility index (Phi) is 1.59. The molecule has 0 aromatic heterocycles. The van der Waals surface area contributed by atoms with Crippen molar-refractivity contribution in [3.05, 3.63) is 71.8 Å². The average molecular weight is 240 g/mol. The zero-order valence-electron chi connectivity index (χ0n) is 10.5. The molecule has 0 atom stereocenters. The molecule has 1 aliphatic carbocycles. The van der Waals surface area contributed by atoms with Gasteiger partial charge in [0.05, 0.1) is 0 Å². The van der Waals surface area contributed by atoms with E-state index >= 15 is 0 Å². The summed E-state index contributed by atoms with van der Waals surface area (Å²) in [6, 6.07) is 22.3. The smallest absolute Gasteiger partial charge is 0.00130 e. The SMILES string of the molecule is c1ccc2c(c1)c1cccc3c1c1c(cccc21)C3. The van der Waals surface area contributed by atoms with Gasteiger partial charge in [0.2, 0.25) is 0 Å². The van der Waals surface area contributed by atoms with E-state index in [2.05, 4.69) is 60.7 Å². The summed E-state index contributed by atoms with van der Waals surface area (Å²) in [5.74, 6) is 0. The van der Waals surface area contributed by atoms with Crippen molar-refractivity contribution in [2.45, 2.75) is 6.42 Å². The third-order valence-corrected chi connectivity index (χ3v) is 4.44. The highest BCUT2D eigenvalue weighted by Gasteiger charge is 2.18. The van der Waals surface area contributed by atoms with E-state index in [1.54, 1.807) is 0 Å². The largest absolute Gasteiger partial charge is 0.0616 e. The lowest BCUT2D eigenvalue weighted by Gasteiger charge is -2.09. The predicted molar refractivity (Wildman–Crippen MR) is 81.8 cm³/mol. The van der Waals surface area contributed by atoms with Gasteiger partial charge in [0, 0.05) is 0 Å². The maximum Gasteiger partial charge on any atom is -0.00130 e. The Hall–Kier alpha value is -2.34. The maximum atomic E-state index is 2.27. The van der Waals surface area contributed by atoms with E-state index in [0.29, 0.717) is 0 Å². The van der Waals surface area contributed by atoms with Gasteiger partial charge in [-0.25, -0.2) is 0 Å². The Labute approximate surface area is 111 Å². The minimum Gasteiger partial charge on any atom is -0.0616 e. The Balaban J connectivity index is 2.28. The monoisotopic (exact) mass is 240 g/mol. The first-order valence-electron chi connectivity index (χ1n) is 6.77. The highest BCUT2D eigenvalue weighted by atomic mass is 14.2. The predicted octanol–water partition coefficient (Wildman–Crippen LogP) is 5.05. The van der Waals surface area contributed by atoms with E-state index in [0.717, 1.165) is 6.42 Å². The van der Waals surface area contributed by atoms with Crippen molar-refractivity contribution >= 4 is 32.3 Å². The Morgan fingerprint density at radius 1 is 0.474 bits per heavy atom. The van der Waals surface area contributed by atoms with Crippen LogP contribution < -0.4 is 0 Å². The van der Waals surface area contributed by atoms with E-state index in [1.165, 1.54) is 43.4 Å². The van der Waals surface area contributed by atoms with Crippen LogP contribution in [-0.2, 0) is 6.42 Å². The Morgan fingerprint density at radius 3 is 1.47 bits per heavy atom. The molecule has 0 nitrogen and oxygen atoms in total. The van der Waals surface area contributed by atoms with Gasteiger partial charge in [0.1, 0.15) is 0 Å². The van der Waals surface area contributed by atoms with Gasteiger partial charge in [-0.05, 0) is 49.9 Å². The number of fused-ring (bicyclic) bond motifs is 3. The summed E-state index contributed by atoms with van der Waals surface area (Å²) in [7, 11) is 0. The molecule has 0 unspecified atom stereocenters. The van der Waals surface area contributed by atoms with Crippen LogP contribution in [0.4, 0.5) is 0 Å². The fourth-order valence-corrected chi connectivity index (χ4v) is 3.69. The van der Waals surface area contributed by atoms with Crippen molar-refractivity contribution in [3.63, 3.8) is 0 Å². The van der Waals surface area contributed by atoms with E-state index in [4.69, 9.17) is 0 Å². The lowest BCUT2D eigenvalue weighted by atomic mass is 9.95. The van der Waals surface area contributed by atoms with Crippen LogP contribution in [0, 0.1) is 0 Å². The molecule has 0 radical (unpaired) electrons. The third kappa shape index (κ3) is 1.05. The fourth-order valence-electron chi connectivity index (χ4n) is 3.69. The molecule has 0 aliphatic heterocycles. The van der Waals surface area contributed by atoms with Crippen molar-refractivity contribution in [3.8, 4) is 0 Å². The van der Waals surface area contributed by atoms with Crippen LogP contribution >= 0.6 is 0 Å². The molecule has 0 saturated heterocycles. The highest BCUT2D eigenvalue weighted by Crippen LogP contribution is 2.42. The third-order valence-electron chi connectivity index (χ3n) is 4.44. The Bertz CT molecular complexity index is 897. The van der Waals surface area contributed by atoms with E-state index < -0.39 is 0 Å². The van der Waals surface area contributed by atoms with Crippen molar-refractivity contribution in [2.75, 3.05) is 0 Å². The van der Waals surface area contributed by atoms with Crippen LogP contribution in [0.2, 0.25) is 0 Å². The normalized spacial score (nSPS) is 13.1. The highest BCUT2D eigenvalue weighted by molar-refractivity contribution is 6.28. The zero-order chi connectivity index (χ0) is 12.4. The zero-order valence-corrected chi connectivity index (χ0v) is 10.5. The van der Waals surface area contributed by atoms with Gasteiger partial charge in [0.25, 0.3) is 0 Å². The molecule has 19 heavy (non-hydrogen) atoms. The van der Waals surface area contributed by atoms with E-state index in [9.17, 15) is 0 Å². The molecule has 0 N–H and O–H groups in total. The fraction of sp³-hybridized carbons (Fsp3) is 0.0526. The number of hydrogen-bond acceptors (Lipinski definition) is 0. The van der Waals surface area contributed by atoms with Gasteiger partial charge in [-0.2, -0.15) is 0 Å². The second-order valence-corrected chi connectivity index (χ2v) is 5.40. The standard InChI is InChI=1S/C19H12/c1-2-8-15-14(7-1)16-9-3-5-12-11-13-6-4-10-17(15)19(13)18(12)16/h1-10H,11H2. The summed E-state index contributed by atoms with van der Waals surface area (Å²) in [6.45, 7) is 0. The average Bonchev–Trinajstić information content (AvgIpc) is 2.86. The van der Waals surface area contributed by atoms with Gasteiger partial charge < -0.3 is 0 Å². The molecular weight excluding hydrogens is 228 g/mol. The van der Waals surface area contributed by atoms with Gasteiger partial charge >= 0.3 is 0 Å². The van der Waals surface area contributed by atoms with Crippen LogP contribution in [0.15, 0.2) is 60.7 Å². The minimum absolute atomic E-state index is 1.08. The van der Waals surface area contributed by atoms with Crippen molar-refractivity contribution in [1.29, 1.82) is 0 Å². The van der Waals surface area contributed by atoms with Crippen LogP contribution in [0.25, 0.3) is 32.3 Å². The van der Waals surface area contributed by atoms with Gasteiger partial charge in [-0.15, -0.1) is 0 Å². The van der Waals surface area contributed by atoms with Crippen LogP contribution in [0.5, 0.6) is 0 Å². The van der Waals surface area contributed by atoms with E-state index in [1.807, 2.05) is 0 Å². The summed E-state index contributed by atoms with van der Waals surface area (Å²) < 4.78 is 0. The Morgan fingerprint density at radius 2 is 0.947 bits per heavy atom. The molecule has 0 heteroatoms. The summed E-state index contributed by atoms with van der Waals surface area (Å²) in [5, 5.41) is 8.53. The topological polar surface area (TPSA) is 0 Å². The van der Waals surface area contributed by atoms with Gasteiger partial charge in [0.15, 0.2) is 0 Å². The molecule has 0 bridgehead atoms. The van der Waals surface area contributed by atoms with Crippen molar-refractivity contribution in [2.24, 2.45) is 0 Å². The first kappa shape index (κ1) is 9.57. The second-order valence-electron chi connectivity index (χ2n) is 5.40. The number of hydrogen-bond donors (Lipinski definition) is 0.